The van der Waals surface area contributed by atoms with Gasteiger partial charge < -0.3 is 4.90 Å². The van der Waals surface area contributed by atoms with E-state index in [9.17, 15) is 17.6 Å². The summed E-state index contributed by atoms with van der Waals surface area (Å²) in [5, 5.41) is 0. The van der Waals surface area contributed by atoms with E-state index in [1.165, 1.54) is 30.1 Å². The number of carbonyl (C=O) groups excluding carboxylic acids is 1. The highest BCUT2D eigenvalue weighted by molar-refractivity contribution is 7.90. The molecule has 1 aromatic carbocycles. The van der Waals surface area contributed by atoms with E-state index in [2.05, 4.69) is 0 Å². The first kappa shape index (κ1) is 14.6. The average molecular weight is 273 g/mol. The number of rotatable bonds is 4. The molecule has 0 bridgehead atoms. The molecule has 1 unspecified atom stereocenters. The van der Waals surface area contributed by atoms with E-state index in [1.807, 2.05) is 0 Å². The minimum atomic E-state index is -3.16. The Morgan fingerprint density at radius 2 is 2.06 bits per heavy atom. The lowest BCUT2D eigenvalue weighted by atomic mass is 10.2. The van der Waals surface area contributed by atoms with E-state index in [-0.39, 0.29) is 11.3 Å². The predicted molar refractivity (Wildman–Crippen MR) is 67.7 cm³/mol. The van der Waals surface area contributed by atoms with Crippen molar-refractivity contribution in [2.45, 2.75) is 13.0 Å². The summed E-state index contributed by atoms with van der Waals surface area (Å²) in [5.41, 5.74) is 0.206. The van der Waals surface area contributed by atoms with Gasteiger partial charge in [-0.05, 0) is 25.1 Å². The van der Waals surface area contributed by atoms with Crippen LogP contribution in [-0.2, 0) is 9.84 Å². The van der Waals surface area contributed by atoms with Gasteiger partial charge in [0.1, 0.15) is 15.7 Å². The number of hydrogen-bond donors (Lipinski definition) is 0. The molecule has 1 aromatic rings. The third kappa shape index (κ3) is 4.10. The molecule has 0 aliphatic heterocycles. The van der Waals surface area contributed by atoms with Crippen molar-refractivity contribution in [1.82, 2.24) is 4.90 Å². The first-order valence-corrected chi connectivity index (χ1v) is 7.47. The summed E-state index contributed by atoms with van der Waals surface area (Å²) in [6.07, 6.45) is 1.12. The molecule has 0 fully saturated rings. The van der Waals surface area contributed by atoms with E-state index in [0.717, 1.165) is 12.3 Å². The lowest BCUT2D eigenvalue weighted by molar-refractivity contribution is 0.0756. The highest BCUT2D eigenvalue weighted by atomic mass is 32.2. The van der Waals surface area contributed by atoms with Crippen LogP contribution in [0.2, 0.25) is 0 Å². The number of amides is 1. The summed E-state index contributed by atoms with van der Waals surface area (Å²) in [7, 11) is -1.66. The maximum atomic E-state index is 13.0. The van der Waals surface area contributed by atoms with Crippen LogP contribution < -0.4 is 0 Å². The van der Waals surface area contributed by atoms with Crippen molar-refractivity contribution in [3.63, 3.8) is 0 Å². The molecule has 0 aromatic heterocycles. The van der Waals surface area contributed by atoms with Gasteiger partial charge in [0.2, 0.25) is 0 Å². The Labute approximate surface area is 106 Å². The van der Waals surface area contributed by atoms with Crippen LogP contribution in [0.5, 0.6) is 0 Å². The molecule has 4 nitrogen and oxygen atoms in total. The van der Waals surface area contributed by atoms with Crippen molar-refractivity contribution in [2.75, 3.05) is 19.1 Å². The summed E-state index contributed by atoms with van der Waals surface area (Å²) in [6, 6.07) is 4.85. The van der Waals surface area contributed by atoms with Crippen LogP contribution in [0.25, 0.3) is 0 Å². The Bertz CT molecular complexity index is 542. The zero-order chi connectivity index (χ0) is 13.9. The Hall–Kier alpha value is -1.43. The summed E-state index contributed by atoms with van der Waals surface area (Å²) in [6.45, 7) is 1.64. The highest BCUT2D eigenvalue weighted by Gasteiger charge is 2.21. The zero-order valence-electron chi connectivity index (χ0n) is 10.6. The van der Waals surface area contributed by atoms with Crippen molar-refractivity contribution >= 4 is 15.7 Å². The van der Waals surface area contributed by atoms with Crippen molar-refractivity contribution < 1.29 is 17.6 Å². The van der Waals surface area contributed by atoms with Gasteiger partial charge >= 0.3 is 0 Å². The third-order valence-corrected chi connectivity index (χ3v) is 3.68. The van der Waals surface area contributed by atoms with Gasteiger partial charge in [-0.1, -0.05) is 6.07 Å². The van der Waals surface area contributed by atoms with Gasteiger partial charge in [-0.15, -0.1) is 0 Å². The van der Waals surface area contributed by atoms with Gasteiger partial charge in [0.15, 0.2) is 0 Å². The predicted octanol–water partition coefficient (Wildman–Crippen LogP) is 1.33. The fraction of sp³-hybridized carbons (Fsp3) is 0.417. The maximum Gasteiger partial charge on any atom is 0.253 e. The minimum absolute atomic E-state index is 0.120. The van der Waals surface area contributed by atoms with E-state index in [1.54, 1.807) is 6.92 Å². The normalized spacial score (nSPS) is 13.1. The van der Waals surface area contributed by atoms with Crippen LogP contribution in [0.1, 0.15) is 17.3 Å². The fourth-order valence-electron chi connectivity index (χ4n) is 1.58. The minimum Gasteiger partial charge on any atom is -0.338 e. The lowest BCUT2D eigenvalue weighted by Gasteiger charge is -2.24. The molecule has 0 radical (unpaired) electrons. The number of nitrogens with zero attached hydrogens (tertiary/aromatic N) is 1. The van der Waals surface area contributed by atoms with E-state index < -0.39 is 27.6 Å². The second-order valence-electron chi connectivity index (χ2n) is 4.37. The van der Waals surface area contributed by atoms with Crippen LogP contribution >= 0.6 is 0 Å². The van der Waals surface area contributed by atoms with E-state index in [4.69, 9.17) is 0 Å². The molecular formula is C12H16FNO3S. The molecule has 0 saturated heterocycles. The standard InChI is InChI=1S/C12H16FNO3S/c1-9(8-18(3,16)17)14(2)12(15)10-5-4-6-11(13)7-10/h4-7,9H,8H2,1-3H3. The van der Waals surface area contributed by atoms with Crippen LogP contribution in [0.4, 0.5) is 4.39 Å². The summed E-state index contributed by atoms with van der Waals surface area (Å²) >= 11 is 0. The van der Waals surface area contributed by atoms with E-state index in [0.29, 0.717) is 0 Å². The molecule has 1 rings (SSSR count). The average Bonchev–Trinajstić information content (AvgIpc) is 2.24. The number of benzene rings is 1. The summed E-state index contributed by atoms with van der Waals surface area (Å²) < 4.78 is 35.3. The second kappa shape index (κ2) is 5.48. The molecule has 6 heteroatoms. The first-order valence-electron chi connectivity index (χ1n) is 5.41. The quantitative estimate of drug-likeness (QED) is 0.831. The van der Waals surface area contributed by atoms with Crippen molar-refractivity contribution in [1.29, 1.82) is 0 Å². The number of hydrogen-bond acceptors (Lipinski definition) is 3. The molecule has 0 heterocycles. The smallest absolute Gasteiger partial charge is 0.253 e. The van der Waals surface area contributed by atoms with Gasteiger partial charge in [-0.3, -0.25) is 4.79 Å². The monoisotopic (exact) mass is 273 g/mol. The third-order valence-electron chi connectivity index (χ3n) is 2.60. The molecule has 18 heavy (non-hydrogen) atoms. The summed E-state index contributed by atoms with van der Waals surface area (Å²) in [5.74, 6) is -1.01. The Morgan fingerprint density at radius 1 is 1.44 bits per heavy atom. The van der Waals surface area contributed by atoms with Gasteiger partial charge in [0.25, 0.3) is 5.91 Å². The highest BCUT2D eigenvalue weighted by Crippen LogP contribution is 2.09. The molecule has 100 valence electrons. The number of sulfone groups is 1. The SMILES string of the molecule is CC(CS(C)(=O)=O)N(C)C(=O)c1cccc(F)c1. The van der Waals surface area contributed by atoms with Gasteiger partial charge in [0, 0.05) is 24.9 Å². The number of halogens is 1. The largest absolute Gasteiger partial charge is 0.338 e. The first-order chi connectivity index (χ1) is 8.20. The van der Waals surface area contributed by atoms with E-state index >= 15 is 0 Å². The Morgan fingerprint density at radius 3 is 2.56 bits per heavy atom. The maximum absolute atomic E-state index is 13.0. The zero-order valence-corrected chi connectivity index (χ0v) is 11.4. The molecule has 0 N–H and O–H groups in total. The van der Waals surface area contributed by atoms with Crippen LogP contribution in [0.15, 0.2) is 24.3 Å². The molecular weight excluding hydrogens is 257 g/mol. The fourth-order valence-corrected chi connectivity index (χ4v) is 2.68. The topological polar surface area (TPSA) is 54.5 Å². The van der Waals surface area contributed by atoms with Crippen LogP contribution in [-0.4, -0.2) is 44.3 Å². The Balaban J connectivity index is 2.84. The molecule has 0 spiro atoms. The molecule has 0 saturated carbocycles. The lowest BCUT2D eigenvalue weighted by Crippen LogP contribution is -2.39. The van der Waals surface area contributed by atoms with Crippen LogP contribution in [0, 0.1) is 5.82 Å². The molecule has 1 atom stereocenters. The Kier molecular flexibility index (Phi) is 4.45. The van der Waals surface area contributed by atoms with Crippen molar-refractivity contribution in [3.8, 4) is 0 Å². The summed E-state index contributed by atoms with van der Waals surface area (Å²) in [4.78, 5) is 13.3. The van der Waals surface area contributed by atoms with Gasteiger partial charge in [0.05, 0.1) is 5.75 Å². The van der Waals surface area contributed by atoms with Gasteiger partial charge in [-0.25, -0.2) is 12.8 Å². The van der Waals surface area contributed by atoms with Crippen molar-refractivity contribution in [3.05, 3.63) is 35.6 Å². The van der Waals surface area contributed by atoms with Gasteiger partial charge in [-0.2, -0.15) is 0 Å². The second-order valence-corrected chi connectivity index (χ2v) is 6.55. The van der Waals surface area contributed by atoms with Crippen LogP contribution in [0.3, 0.4) is 0 Å². The van der Waals surface area contributed by atoms with Crippen molar-refractivity contribution in [2.24, 2.45) is 0 Å². The molecule has 1 amide bonds. The molecule has 0 aliphatic rings. The molecule has 0 aliphatic carbocycles. The number of carbonyl (C=O) groups is 1.